The van der Waals surface area contributed by atoms with Gasteiger partial charge in [-0.2, -0.15) is 13.2 Å². The number of nitrogens with one attached hydrogen (secondary N) is 2. The number of thioether (sulfide) groups is 1. The molecule has 2 N–H and O–H groups in total. The maximum Gasteiger partial charge on any atom is 0.417 e. The normalized spacial score (nSPS) is 11.3. The van der Waals surface area contributed by atoms with E-state index in [9.17, 15) is 22.8 Å². The van der Waals surface area contributed by atoms with Crippen LogP contribution in [0.2, 0.25) is 0 Å². The number of aromatic amines is 1. The minimum Gasteiger partial charge on any atom is -0.327 e. The molecule has 23 heavy (non-hydrogen) atoms. The molecule has 0 aliphatic carbocycles. The quantitative estimate of drug-likeness (QED) is 0.837. The Kier molecular flexibility index (Phi) is 5.09. The summed E-state index contributed by atoms with van der Waals surface area (Å²) in [6.07, 6.45) is -2.56. The summed E-state index contributed by atoms with van der Waals surface area (Å²) in [5.41, 5.74) is -2.15. The molecule has 2 heterocycles. The zero-order valence-corrected chi connectivity index (χ0v) is 12.7. The SMILES string of the molecule is CCSc1ncccc1C(=O)Nc1cc(C(F)(F)F)c[nH]c1=O. The summed E-state index contributed by atoms with van der Waals surface area (Å²) in [5.74, 6) is -0.0274. The second-order valence-electron chi connectivity index (χ2n) is 4.37. The predicted molar refractivity (Wildman–Crippen MR) is 80.7 cm³/mol. The molecular weight excluding hydrogens is 331 g/mol. The predicted octanol–water partition coefficient (Wildman–Crippen LogP) is 3.15. The molecule has 0 unspecified atom stereocenters. The summed E-state index contributed by atoms with van der Waals surface area (Å²) >= 11 is 1.31. The molecule has 2 rings (SSSR count). The molecule has 1 amide bonds. The number of anilines is 1. The number of alkyl halides is 3. The molecule has 0 radical (unpaired) electrons. The van der Waals surface area contributed by atoms with Crippen LogP contribution in [0.15, 0.2) is 40.4 Å². The van der Waals surface area contributed by atoms with Gasteiger partial charge in [-0.05, 0) is 24.0 Å². The molecule has 5 nitrogen and oxygen atoms in total. The Labute approximate surface area is 133 Å². The first-order chi connectivity index (χ1) is 10.8. The van der Waals surface area contributed by atoms with Crippen LogP contribution in [0.3, 0.4) is 0 Å². The fraction of sp³-hybridized carbons (Fsp3) is 0.214. The Morgan fingerprint density at radius 3 is 2.83 bits per heavy atom. The van der Waals surface area contributed by atoms with Crippen molar-refractivity contribution < 1.29 is 18.0 Å². The average Bonchev–Trinajstić information content (AvgIpc) is 2.49. The Hall–Kier alpha value is -2.29. The number of halogens is 3. The van der Waals surface area contributed by atoms with Gasteiger partial charge < -0.3 is 10.3 Å². The maximum absolute atomic E-state index is 12.7. The van der Waals surface area contributed by atoms with Gasteiger partial charge in [0.25, 0.3) is 11.5 Å². The highest BCUT2D eigenvalue weighted by Gasteiger charge is 2.31. The lowest BCUT2D eigenvalue weighted by Crippen LogP contribution is -2.22. The molecule has 2 aromatic heterocycles. The molecule has 9 heteroatoms. The first kappa shape index (κ1) is 17.1. The Bertz CT molecular complexity index is 774. The third kappa shape index (κ3) is 4.13. The van der Waals surface area contributed by atoms with Crippen LogP contribution in [0.1, 0.15) is 22.8 Å². The molecular formula is C14H12F3N3O2S. The molecule has 122 valence electrons. The number of hydrogen-bond acceptors (Lipinski definition) is 4. The number of aromatic nitrogens is 2. The number of rotatable bonds is 4. The maximum atomic E-state index is 12.7. The highest BCUT2D eigenvalue weighted by atomic mass is 32.2. The van der Waals surface area contributed by atoms with E-state index in [4.69, 9.17) is 0 Å². The van der Waals surface area contributed by atoms with E-state index in [1.165, 1.54) is 30.1 Å². The summed E-state index contributed by atoms with van der Waals surface area (Å²) in [4.78, 5) is 29.8. The van der Waals surface area contributed by atoms with E-state index in [-0.39, 0.29) is 5.56 Å². The van der Waals surface area contributed by atoms with Crippen molar-refractivity contribution in [2.75, 3.05) is 11.1 Å². The van der Waals surface area contributed by atoms with Gasteiger partial charge in [0, 0.05) is 12.4 Å². The van der Waals surface area contributed by atoms with Crippen molar-refractivity contribution in [3.05, 3.63) is 52.1 Å². The minimum atomic E-state index is -4.62. The van der Waals surface area contributed by atoms with Crippen LogP contribution in [-0.2, 0) is 6.18 Å². The number of pyridine rings is 2. The zero-order valence-electron chi connectivity index (χ0n) is 11.9. The molecule has 0 fully saturated rings. The van der Waals surface area contributed by atoms with Crippen molar-refractivity contribution >= 4 is 23.4 Å². The van der Waals surface area contributed by atoms with Gasteiger partial charge in [0.15, 0.2) is 0 Å². The fourth-order valence-electron chi connectivity index (χ4n) is 1.75. The van der Waals surface area contributed by atoms with E-state index in [1.807, 2.05) is 11.9 Å². The van der Waals surface area contributed by atoms with Gasteiger partial charge in [-0.3, -0.25) is 9.59 Å². The Morgan fingerprint density at radius 2 is 2.17 bits per heavy atom. The highest BCUT2D eigenvalue weighted by Crippen LogP contribution is 2.29. The lowest BCUT2D eigenvalue weighted by Gasteiger charge is -2.10. The van der Waals surface area contributed by atoms with E-state index in [0.29, 0.717) is 23.0 Å². The van der Waals surface area contributed by atoms with Gasteiger partial charge in [-0.25, -0.2) is 4.98 Å². The number of carbonyl (C=O) groups is 1. The molecule has 0 saturated carbocycles. The highest BCUT2D eigenvalue weighted by molar-refractivity contribution is 7.99. The topological polar surface area (TPSA) is 74.8 Å². The van der Waals surface area contributed by atoms with Crippen molar-refractivity contribution in [1.29, 1.82) is 0 Å². The van der Waals surface area contributed by atoms with Crippen molar-refractivity contribution in [2.24, 2.45) is 0 Å². The van der Waals surface area contributed by atoms with Gasteiger partial charge in [0.1, 0.15) is 10.7 Å². The largest absolute Gasteiger partial charge is 0.417 e. The van der Waals surface area contributed by atoms with Crippen LogP contribution in [0.25, 0.3) is 0 Å². The van der Waals surface area contributed by atoms with Crippen LogP contribution in [0.4, 0.5) is 18.9 Å². The summed E-state index contributed by atoms with van der Waals surface area (Å²) in [6, 6.07) is 3.62. The zero-order chi connectivity index (χ0) is 17.0. The van der Waals surface area contributed by atoms with Crippen LogP contribution in [0, 0.1) is 0 Å². The third-order valence-corrected chi connectivity index (χ3v) is 3.66. The third-order valence-electron chi connectivity index (χ3n) is 2.78. The molecule has 0 aliphatic heterocycles. The number of nitrogens with zero attached hydrogens (tertiary/aromatic N) is 1. The summed E-state index contributed by atoms with van der Waals surface area (Å²) in [7, 11) is 0. The first-order valence-electron chi connectivity index (χ1n) is 6.52. The lowest BCUT2D eigenvalue weighted by atomic mass is 10.2. The minimum absolute atomic E-state index is 0.191. The monoisotopic (exact) mass is 343 g/mol. The van der Waals surface area contributed by atoms with Crippen LogP contribution in [0.5, 0.6) is 0 Å². The summed E-state index contributed by atoms with van der Waals surface area (Å²) < 4.78 is 38.0. The number of hydrogen-bond donors (Lipinski definition) is 2. The standard InChI is InChI=1S/C14H12F3N3O2S/c1-2-23-13-9(4-3-5-18-13)11(21)20-10-6-8(14(15,16)17)7-19-12(10)22/h3-7H,2H2,1H3,(H,19,22)(H,20,21). The van der Waals surface area contributed by atoms with Crippen molar-refractivity contribution in [3.63, 3.8) is 0 Å². The molecule has 0 bridgehead atoms. The smallest absolute Gasteiger partial charge is 0.327 e. The van der Waals surface area contributed by atoms with Crippen LogP contribution < -0.4 is 10.9 Å². The van der Waals surface area contributed by atoms with Gasteiger partial charge in [-0.15, -0.1) is 11.8 Å². The number of carbonyl (C=O) groups excluding carboxylic acids is 1. The van der Waals surface area contributed by atoms with Crippen LogP contribution in [-0.4, -0.2) is 21.6 Å². The molecule has 0 spiro atoms. The number of H-pyrrole nitrogens is 1. The van der Waals surface area contributed by atoms with Crippen LogP contribution >= 0.6 is 11.8 Å². The van der Waals surface area contributed by atoms with Crippen molar-refractivity contribution in [2.45, 2.75) is 18.1 Å². The summed E-state index contributed by atoms with van der Waals surface area (Å²) in [6.45, 7) is 1.87. The van der Waals surface area contributed by atoms with Gasteiger partial charge in [-0.1, -0.05) is 6.92 Å². The Morgan fingerprint density at radius 1 is 1.43 bits per heavy atom. The summed E-state index contributed by atoms with van der Waals surface area (Å²) in [5, 5.41) is 2.64. The second-order valence-corrected chi connectivity index (χ2v) is 5.62. The average molecular weight is 343 g/mol. The van der Waals surface area contributed by atoms with Crippen molar-refractivity contribution in [1.82, 2.24) is 9.97 Å². The molecule has 0 saturated heterocycles. The van der Waals surface area contributed by atoms with E-state index < -0.39 is 28.9 Å². The van der Waals surface area contributed by atoms with E-state index in [2.05, 4.69) is 10.3 Å². The first-order valence-corrected chi connectivity index (χ1v) is 7.50. The van der Waals surface area contributed by atoms with Gasteiger partial charge >= 0.3 is 6.18 Å². The van der Waals surface area contributed by atoms with E-state index >= 15 is 0 Å². The molecule has 2 aromatic rings. The molecule has 0 atom stereocenters. The van der Waals surface area contributed by atoms with E-state index in [0.717, 1.165) is 0 Å². The molecule has 0 aromatic carbocycles. The number of amides is 1. The lowest BCUT2D eigenvalue weighted by molar-refractivity contribution is -0.137. The van der Waals surface area contributed by atoms with Crippen molar-refractivity contribution in [3.8, 4) is 0 Å². The Balaban J connectivity index is 2.33. The van der Waals surface area contributed by atoms with Gasteiger partial charge in [0.05, 0.1) is 11.1 Å². The van der Waals surface area contributed by atoms with Gasteiger partial charge in [0.2, 0.25) is 0 Å². The second kappa shape index (κ2) is 6.86. The van der Waals surface area contributed by atoms with E-state index in [1.54, 1.807) is 0 Å². The fourth-order valence-corrected chi connectivity index (χ4v) is 2.47. The molecule has 0 aliphatic rings.